The third kappa shape index (κ3) is 35.4. The molecule has 3 saturated heterocycles. The summed E-state index contributed by atoms with van der Waals surface area (Å²) < 4.78 is 68.1. The number of unbranched alkanes of at least 4 members (excludes halogenated alkanes) is 3. The minimum absolute atomic E-state index is 0.115. The standard InChI is InChI=1S/C70H117N7O26/c1-43-46(4)67(101-55(40-95-49(7)78)64(43)98-52(10)81)92-37-16-13-22-58(84)71-31-19-34-74-61(87)25-28-70(77(90)91,29-26-62(88)75-35-20-32-72-59(85)23-14-17-38-93-68-47(5)44(2)65(99-53(11)82)56(102-68)41-96-50(8)79)30-27-63(89)76-36-21-33-73-60(86)24-15-18-39-94-69-48(6)45(3)66(100-54(12)83)57(103-69)42-97-51(9)80/h43-48,55-57,64-69H,13-42H2,1-12H3,(H,71,84)(H,72,85)(H,73,86)(H,74,87)(H,75,88)(H,76,89). The van der Waals surface area contributed by atoms with E-state index < -0.39 is 119 Å². The van der Waals surface area contributed by atoms with Crippen LogP contribution in [0, 0.1) is 45.6 Å². The van der Waals surface area contributed by atoms with Gasteiger partial charge in [-0.1, -0.05) is 41.5 Å². The van der Waals surface area contributed by atoms with Gasteiger partial charge in [0.25, 0.3) is 0 Å². The van der Waals surface area contributed by atoms with E-state index in [1.165, 1.54) is 41.5 Å². The highest BCUT2D eigenvalue weighted by molar-refractivity contribution is 5.79. The molecule has 6 N–H and O–H groups in total. The van der Waals surface area contributed by atoms with Gasteiger partial charge in [0, 0.05) is 199 Å². The Kier molecular flexibility index (Phi) is 42.6. The number of hydrogen-bond donors (Lipinski definition) is 6. The van der Waals surface area contributed by atoms with Crippen LogP contribution in [0.3, 0.4) is 0 Å². The highest BCUT2D eigenvalue weighted by Gasteiger charge is 2.48. The van der Waals surface area contributed by atoms with Gasteiger partial charge in [-0.2, -0.15) is 0 Å². The largest absolute Gasteiger partial charge is 0.463 e. The molecule has 588 valence electrons. The van der Waals surface area contributed by atoms with Crippen molar-refractivity contribution in [2.45, 2.75) is 260 Å². The summed E-state index contributed by atoms with van der Waals surface area (Å²) in [6.45, 7) is 20.7. The zero-order chi connectivity index (χ0) is 76.6. The number of rotatable bonds is 49. The molecule has 6 amide bonds. The van der Waals surface area contributed by atoms with Gasteiger partial charge in [-0.05, 0) is 57.8 Å². The lowest BCUT2D eigenvalue weighted by molar-refractivity contribution is -0.573. The van der Waals surface area contributed by atoms with Crippen LogP contribution in [-0.2, 0) is 114 Å². The molecule has 0 spiro atoms. The SMILES string of the molecule is CC(=O)OCC1OC(OCCCCC(=O)NCCCNC(=O)CCC(CCC(=O)NCCCNC(=O)CCCCOC2OC(COC(C)=O)C(OC(C)=O)C(C)C2C)(CCC(=O)NCCCNC(=O)CCCCOC2OC(COC(C)=O)C(OC(C)=O)C(C)C2C)[N+](=O)[O-])C(C)C(C)C1OC(C)=O. The molecule has 103 heavy (non-hydrogen) atoms. The fourth-order valence-corrected chi connectivity index (χ4v) is 12.1. The Morgan fingerprint density at radius 1 is 0.340 bits per heavy atom. The quantitative estimate of drug-likeness (QED) is 0.0163. The number of carbonyl (C=O) groups excluding carboxylic acids is 12. The fraction of sp³-hybridized carbons (Fsp3) is 0.829. The Labute approximate surface area is 604 Å². The van der Waals surface area contributed by atoms with Crippen molar-refractivity contribution >= 4 is 71.3 Å². The van der Waals surface area contributed by atoms with Crippen molar-refractivity contribution in [3.05, 3.63) is 10.1 Å². The van der Waals surface area contributed by atoms with E-state index in [-0.39, 0.29) is 190 Å². The van der Waals surface area contributed by atoms with E-state index in [2.05, 4.69) is 31.9 Å². The molecule has 15 atom stereocenters. The number of ether oxygens (including phenoxy) is 12. The topological polar surface area (TPSA) is 431 Å². The normalized spacial score (nSPS) is 25.0. The first-order valence-electron chi connectivity index (χ1n) is 36.3. The summed E-state index contributed by atoms with van der Waals surface area (Å²) in [6.07, 6.45) is -3.22. The number of esters is 6. The predicted octanol–water partition coefficient (Wildman–Crippen LogP) is 4.25. The molecule has 0 aromatic rings. The van der Waals surface area contributed by atoms with Crippen molar-refractivity contribution in [1.82, 2.24) is 31.9 Å². The number of nitrogens with one attached hydrogen (secondary N) is 6. The van der Waals surface area contributed by atoms with Gasteiger partial charge in [0.15, 0.2) is 18.9 Å². The highest BCUT2D eigenvalue weighted by Crippen LogP contribution is 2.37. The summed E-state index contributed by atoms with van der Waals surface area (Å²) in [4.78, 5) is 160. The Bertz CT molecular complexity index is 2440. The maximum atomic E-state index is 13.2. The van der Waals surface area contributed by atoms with Gasteiger partial charge in [-0.15, -0.1) is 0 Å². The zero-order valence-electron chi connectivity index (χ0n) is 62.4. The molecule has 15 unspecified atom stereocenters. The van der Waals surface area contributed by atoms with Gasteiger partial charge in [0.2, 0.25) is 41.0 Å². The van der Waals surface area contributed by atoms with Gasteiger partial charge in [0.05, 0.1) is 0 Å². The zero-order valence-corrected chi connectivity index (χ0v) is 62.4. The minimum Gasteiger partial charge on any atom is -0.463 e. The maximum Gasteiger partial charge on any atom is 0.303 e. The van der Waals surface area contributed by atoms with Crippen LogP contribution in [0.5, 0.6) is 0 Å². The summed E-state index contributed by atoms with van der Waals surface area (Å²) in [6, 6.07) is 0. The fourth-order valence-electron chi connectivity index (χ4n) is 12.1. The summed E-state index contributed by atoms with van der Waals surface area (Å²) in [7, 11) is 0. The molecular weight excluding hydrogens is 1350 g/mol. The maximum absolute atomic E-state index is 13.2. The Hall–Kier alpha value is -7.20. The molecule has 3 aliphatic rings. The molecule has 3 rings (SSSR count). The molecule has 0 saturated carbocycles. The van der Waals surface area contributed by atoms with E-state index >= 15 is 0 Å². The molecule has 0 aromatic carbocycles. The van der Waals surface area contributed by atoms with Crippen LogP contribution < -0.4 is 31.9 Å². The molecule has 0 radical (unpaired) electrons. The average molecular weight is 1470 g/mol. The second-order valence-electron chi connectivity index (χ2n) is 27.0. The van der Waals surface area contributed by atoms with E-state index in [9.17, 15) is 67.6 Å². The van der Waals surface area contributed by atoms with Crippen molar-refractivity contribution in [1.29, 1.82) is 0 Å². The smallest absolute Gasteiger partial charge is 0.303 e. The van der Waals surface area contributed by atoms with Crippen LogP contribution >= 0.6 is 0 Å². The third-order valence-corrected chi connectivity index (χ3v) is 18.7. The summed E-state index contributed by atoms with van der Waals surface area (Å²) in [5.41, 5.74) is -1.87. The van der Waals surface area contributed by atoms with Crippen molar-refractivity contribution in [3.8, 4) is 0 Å². The highest BCUT2D eigenvalue weighted by atomic mass is 16.7. The van der Waals surface area contributed by atoms with Crippen molar-refractivity contribution in [2.75, 3.05) is 78.9 Å². The summed E-state index contributed by atoms with van der Waals surface area (Å²) >= 11 is 0. The minimum atomic E-state index is -1.87. The van der Waals surface area contributed by atoms with Gasteiger partial charge in [-0.3, -0.25) is 67.6 Å². The molecule has 3 heterocycles. The lowest BCUT2D eigenvalue weighted by Crippen LogP contribution is -2.53. The van der Waals surface area contributed by atoms with Crippen molar-refractivity contribution < 1.29 is 119 Å². The van der Waals surface area contributed by atoms with Crippen LogP contribution in [0.25, 0.3) is 0 Å². The molecule has 0 aliphatic carbocycles. The molecule has 3 fully saturated rings. The first-order chi connectivity index (χ1) is 48.8. The summed E-state index contributed by atoms with van der Waals surface area (Å²) in [5.74, 6) is -6.17. The van der Waals surface area contributed by atoms with Gasteiger partial charge >= 0.3 is 35.8 Å². The molecule has 0 bridgehead atoms. The number of carbonyl (C=O) groups is 12. The monoisotopic (exact) mass is 1470 g/mol. The van der Waals surface area contributed by atoms with E-state index in [1.807, 2.05) is 41.5 Å². The van der Waals surface area contributed by atoms with Crippen LogP contribution in [0.1, 0.15) is 199 Å². The Balaban J connectivity index is 1.45. The van der Waals surface area contributed by atoms with Crippen LogP contribution in [0.15, 0.2) is 0 Å². The number of nitro groups is 1. The third-order valence-electron chi connectivity index (χ3n) is 18.7. The van der Waals surface area contributed by atoms with E-state index in [1.54, 1.807) is 0 Å². The van der Waals surface area contributed by atoms with E-state index in [0.717, 1.165) is 0 Å². The van der Waals surface area contributed by atoms with E-state index in [4.69, 9.17) is 56.8 Å². The number of hydrogen-bond acceptors (Lipinski definition) is 26. The summed E-state index contributed by atoms with van der Waals surface area (Å²) in [5, 5.41) is 29.7. The second-order valence-corrected chi connectivity index (χ2v) is 27.0. The molecule has 0 aromatic heterocycles. The first-order valence-corrected chi connectivity index (χ1v) is 36.3. The van der Waals surface area contributed by atoms with Crippen LogP contribution in [0.2, 0.25) is 0 Å². The van der Waals surface area contributed by atoms with E-state index in [0.29, 0.717) is 57.8 Å². The van der Waals surface area contributed by atoms with Gasteiger partial charge in [0.1, 0.15) is 56.4 Å². The second kappa shape index (κ2) is 48.8. The number of amides is 6. The molecule has 33 heteroatoms. The molecule has 33 nitrogen and oxygen atoms in total. The van der Waals surface area contributed by atoms with Crippen LogP contribution in [-0.4, -0.2) is 216 Å². The number of nitrogens with zero attached hydrogens (tertiary/aromatic N) is 1. The molecular formula is C70H117N7O26. The van der Waals surface area contributed by atoms with Crippen molar-refractivity contribution in [2.24, 2.45) is 35.5 Å². The lowest BCUT2D eigenvalue weighted by Gasteiger charge is -2.43. The molecule has 3 aliphatic heterocycles. The van der Waals surface area contributed by atoms with Gasteiger partial charge in [-0.25, -0.2) is 0 Å². The van der Waals surface area contributed by atoms with Crippen molar-refractivity contribution in [3.63, 3.8) is 0 Å². The Morgan fingerprint density at radius 3 is 0.786 bits per heavy atom. The van der Waals surface area contributed by atoms with Gasteiger partial charge < -0.3 is 88.7 Å². The predicted molar refractivity (Wildman–Crippen MR) is 366 cm³/mol. The Morgan fingerprint density at radius 2 is 0.573 bits per heavy atom. The van der Waals surface area contributed by atoms with Crippen LogP contribution in [0.4, 0.5) is 0 Å². The lowest BCUT2D eigenvalue weighted by atomic mass is 9.84. The first kappa shape index (κ1) is 90.0. The average Bonchev–Trinajstić information content (AvgIpc) is 0.838.